The van der Waals surface area contributed by atoms with Crippen molar-refractivity contribution in [1.29, 1.82) is 0 Å². The minimum absolute atomic E-state index is 0.0716. The van der Waals surface area contributed by atoms with Gasteiger partial charge in [-0.05, 0) is 0 Å². The molecule has 5 heteroatoms. The van der Waals surface area contributed by atoms with Crippen LogP contribution in [0.15, 0.2) is 0 Å². The summed E-state index contributed by atoms with van der Waals surface area (Å²) in [6, 6.07) is -0.382. The molecule has 1 saturated heterocycles. The number of methoxy groups -OCH3 is 1. The molecule has 0 saturated carbocycles. The maximum absolute atomic E-state index is 11.1. The van der Waals surface area contributed by atoms with Crippen molar-refractivity contribution in [2.24, 2.45) is 0 Å². The van der Waals surface area contributed by atoms with Crippen molar-refractivity contribution >= 4 is 5.97 Å². The summed E-state index contributed by atoms with van der Waals surface area (Å²) in [7, 11) is 2.99. The van der Waals surface area contributed by atoms with Crippen molar-refractivity contribution < 1.29 is 19.5 Å². The Hall–Kier alpha value is -0.650. The van der Waals surface area contributed by atoms with Crippen molar-refractivity contribution in [3.8, 4) is 0 Å². The van der Waals surface area contributed by atoms with Gasteiger partial charge in [0.15, 0.2) is 0 Å². The molecule has 0 aromatic rings. The van der Waals surface area contributed by atoms with Crippen LogP contribution >= 0.6 is 0 Å². The number of nitrogens with zero attached hydrogens (tertiary/aromatic N) is 1. The number of rotatable bonds is 2. The minimum Gasteiger partial charge on any atom is -0.468 e. The van der Waals surface area contributed by atoms with Crippen molar-refractivity contribution in [3.05, 3.63) is 0 Å². The van der Waals surface area contributed by atoms with Gasteiger partial charge in [-0.15, -0.1) is 0 Å². The second-order valence-electron chi connectivity index (χ2n) is 2.73. The Morgan fingerprint density at radius 3 is 2.92 bits per heavy atom. The molecule has 70 valence electrons. The molecule has 1 N–H and O–H groups in total. The highest BCUT2D eigenvalue weighted by Gasteiger charge is 2.36. The van der Waals surface area contributed by atoms with Gasteiger partial charge in [0.2, 0.25) is 0 Å². The fraction of sp³-hybridized carbons (Fsp3) is 0.857. The zero-order valence-electron chi connectivity index (χ0n) is 7.19. The summed E-state index contributed by atoms with van der Waals surface area (Å²) in [6.07, 6.45) is 0.207. The summed E-state index contributed by atoms with van der Waals surface area (Å²) in [5, 5.41) is 10.2. The summed E-state index contributed by atoms with van der Waals surface area (Å²) >= 11 is 0. The first-order valence-electron chi connectivity index (χ1n) is 3.77. The summed E-state index contributed by atoms with van der Waals surface area (Å²) in [5.41, 5.74) is 0. The van der Waals surface area contributed by atoms with Gasteiger partial charge >= 0.3 is 5.97 Å². The minimum atomic E-state index is -0.382. The van der Waals surface area contributed by atoms with Crippen molar-refractivity contribution in [2.75, 3.05) is 20.8 Å². The molecule has 0 spiro atoms. The number of hydroxylamine groups is 2. The van der Waals surface area contributed by atoms with E-state index in [-0.39, 0.29) is 24.7 Å². The van der Waals surface area contributed by atoms with Gasteiger partial charge in [-0.3, -0.25) is 9.63 Å². The first-order chi connectivity index (χ1) is 5.69. The lowest BCUT2D eigenvalue weighted by Gasteiger charge is -2.14. The van der Waals surface area contributed by atoms with Crippen LogP contribution in [0.25, 0.3) is 0 Å². The lowest BCUT2D eigenvalue weighted by Crippen LogP contribution is -2.32. The standard InChI is InChI=1S/C7H13NO4/c1-8-6(7(10)11-2)3-5(4-9)12-8/h5-6,9H,3-4H2,1-2H3/t5-,6-/m0/s1. The van der Waals surface area contributed by atoms with Gasteiger partial charge in [0.25, 0.3) is 0 Å². The van der Waals surface area contributed by atoms with Crippen molar-refractivity contribution in [1.82, 2.24) is 5.06 Å². The Kier molecular flexibility index (Phi) is 3.02. The van der Waals surface area contributed by atoms with Gasteiger partial charge in [0.05, 0.1) is 13.7 Å². The van der Waals surface area contributed by atoms with Crippen LogP contribution in [0.4, 0.5) is 0 Å². The number of carbonyl (C=O) groups excluding carboxylic acids is 1. The molecule has 0 bridgehead atoms. The molecule has 0 aromatic carbocycles. The van der Waals surface area contributed by atoms with Crippen LogP contribution in [0.1, 0.15) is 6.42 Å². The maximum Gasteiger partial charge on any atom is 0.325 e. The van der Waals surface area contributed by atoms with E-state index >= 15 is 0 Å². The van der Waals surface area contributed by atoms with Crippen LogP contribution in [0, 0.1) is 0 Å². The van der Waals surface area contributed by atoms with Gasteiger partial charge in [-0.2, -0.15) is 5.06 Å². The number of hydrogen-bond donors (Lipinski definition) is 1. The van der Waals surface area contributed by atoms with E-state index in [0.29, 0.717) is 6.42 Å². The number of aliphatic hydroxyl groups excluding tert-OH is 1. The molecule has 5 nitrogen and oxygen atoms in total. The average molecular weight is 175 g/mol. The highest BCUT2D eigenvalue weighted by molar-refractivity contribution is 5.75. The second kappa shape index (κ2) is 3.84. The van der Waals surface area contributed by atoms with Crippen LogP contribution in [0.2, 0.25) is 0 Å². The SMILES string of the molecule is COC(=O)[C@@H]1C[C@@H](CO)ON1C. The van der Waals surface area contributed by atoms with E-state index in [1.807, 2.05) is 0 Å². The number of hydrogen-bond acceptors (Lipinski definition) is 5. The van der Waals surface area contributed by atoms with E-state index in [1.165, 1.54) is 12.2 Å². The molecule has 0 aliphatic carbocycles. The molecule has 0 unspecified atom stereocenters. The number of ether oxygens (including phenoxy) is 1. The normalized spacial score (nSPS) is 30.6. The molecule has 12 heavy (non-hydrogen) atoms. The van der Waals surface area contributed by atoms with Gasteiger partial charge in [-0.1, -0.05) is 0 Å². The lowest BCUT2D eigenvalue weighted by molar-refractivity contribution is -0.173. The molecular formula is C7H13NO4. The Morgan fingerprint density at radius 1 is 1.83 bits per heavy atom. The summed E-state index contributed by atoms with van der Waals surface area (Å²) < 4.78 is 4.56. The zero-order valence-corrected chi connectivity index (χ0v) is 7.19. The third-order valence-corrected chi connectivity index (χ3v) is 1.92. The summed E-state index contributed by atoms with van der Waals surface area (Å²) in [5.74, 6) is -0.326. The van der Waals surface area contributed by atoms with E-state index < -0.39 is 0 Å². The van der Waals surface area contributed by atoms with Gasteiger partial charge in [0, 0.05) is 13.5 Å². The smallest absolute Gasteiger partial charge is 0.325 e. The highest BCUT2D eigenvalue weighted by Crippen LogP contribution is 2.19. The Balaban J connectivity index is 2.51. The largest absolute Gasteiger partial charge is 0.468 e. The van der Waals surface area contributed by atoms with E-state index in [0.717, 1.165) is 0 Å². The number of carbonyl (C=O) groups is 1. The van der Waals surface area contributed by atoms with E-state index in [1.54, 1.807) is 7.05 Å². The number of aliphatic hydroxyl groups is 1. The molecule has 0 radical (unpaired) electrons. The predicted octanol–water partition coefficient (Wildman–Crippen LogP) is -0.844. The molecule has 2 atom stereocenters. The zero-order chi connectivity index (χ0) is 9.14. The first-order valence-corrected chi connectivity index (χ1v) is 3.77. The number of esters is 1. The Bertz CT molecular complexity index is 173. The molecule has 1 heterocycles. The van der Waals surface area contributed by atoms with Crippen molar-refractivity contribution in [3.63, 3.8) is 0 Å². The quantitative estimate of drug-likeness (QED) is 0.554. The van der Waals surface area contributed by atoms with Crippen LogP contribution < -0.4 is 0 Å². The molecule has 1 fully saturated rings. The van der Waals surface area contributed by atoms with Crippen molar-refractivity contribution in [2.45, 2.75) is 18.6 Å². The highest BCUT2D eigenvalue weighted by atomic mass is 16.7. The molecule has 0 amide bonds. The lowest BCUT2D eigenvalue weighted by atomic mass is 10.1. The number of likely N-dealkylation sites (N-methyl/N-ethyl adjacent to an activating group) is 1. The topological polar surface area (TPSA) is 59.0 Å². The van der Waals surface area contributed by atoms with Crippen LogP contribution in [0.5, 0.6) is 0 Å². The second-order valence-corrected chi connectivity index (χ2v) is 2.73. The molecule has 1 aliphatic rings. The molecule has 1 aliphatic heterocycles. The third-order valence-electron chi connectivity index (χ3n) is 1.92. The average Bonchev–Trinajstić information content (AvgIpc) is 2.45. The first kappa shape index (κ1) is 9.44. The van der Waals surface area contributed by atoms with E-state index in [2.05, 4.69) is 4.74 Å². The fourth-order valence-corrected chi connectivity index (χ4v) is 1.24. The third kappa shape index (κ3) is 1.74. The van der Waals surface area contributed by atoms with Gasteiger partial charge < -0.3 is 9.84 Å². The van der Waals surface area contributed by atoms with Gasteiger partial charge in [0.1, 0.15) is 12.1 Å². The summed E-state index contributed by atoms with van der Waals surface area (Å²) in [6.45, 7) is -0.0716. The van der Waals surface area contributed by atoms with E-state index in [4.69, 9.17) is 9.94 Å². The Labute approximate surface area is 70.8 Å². The van der Waals surface area contributed by atoms with Crippen LogP contribution in [-0.4, -0.2) is 49.0 Å². The summed E-state index contributed by atoms with van der Waals surface area (Å²) in [4.78, 5) is 16.2. The van der Waals surface area contributed by atoms with E-state index in [9.17, 15) is 4.79 Å². The molecule has 0 aromatic heterocycles. The molecule has 1 rings (SSSR count). The maximum atomic E-state index is 11.1. The predicted molar refractivity (Wildman–Crippen MR) is 40.1 cm³/mol. The van der Waals surface area contributed by atoms with Crippen LogP contribution in [0.3, 0.4) is 0 Å². The Morgan fingerprint density at radius 2 is 2.50 bits per heavy atom. The molecular weight excluding hydrogens is 162 g/mol. The van der Waals surface area contributed by atoms with Crippen LogP contribution in [-0.2, 0) is 14.4 Å². The van der Waals surface area contributed by atoms with Gasteiger partial charge in [-0.25, -0.2) is 0 Å². The fourth-order valence-electron chi connectivity index (χ4n) is 1.24. The monoisotopic (exact) mass is 175 g/mol.